The summed E-state index contributed by atoms with van der Waals surface area (Å²) in [7, 11) is 0. The SMILES string of the molecule is NC(c1cccc(Br)c1)c1cc(Cl)cc([N+](=O)[O-])c1. The van der Waals surface area contributed by atoms with E-state index in [1.807, 2.05) is 24.3 Å². The summed E-state index contributed by atoms with van der Waals surface area (Å²) in [4.78, 5) is 10.3. The summed E-state index contributed by atoms with van der Waals surface area (Å²) in [5, 5.41) is 11.1. The number of non-ortho nitro benzene ring substituents is 1. The fourth-order valence-electron chi connectivity index (χ4n) is 1.77. The van der Waals surface area contributed by atoms with E-state index in [1.165, 1.54) is 12.1 Å². The smallest absolute Gasteiger partial charge is 0.271 e. The molecule has 0 radical (unpaired) electrons. The van der Waals surface area contributed by atoms with Gasteiger partial charge in [-0.2, -0.15) is 0 Å². The number of hydrogen-bond acceptors (Lipinski definition) is 3. The molecule has 2 rings (SSSR count). The average molecular weight is 342 g/mol. The minimum atomic E-state index is -0.483. The number of halogens is 2. The van der Waals surface area contributed by atoms with Crippen molar-refractivity contribution >= 4 is 33.2 Å². The van der Waals surface area contributed by atoms with Crippen molar-refractivity contribution in [1.82, 2.24) is 0 Å². The van der Waals surface area contributed by atoms with Crippen LogP contribution in [0.15, 0.2) is 46.9 Å². The Bertz CT molecular complexity index is 634. The molecule has 2 aromatic rings. The van der Waals surface area contributed by atoms with E-state index in [1.54, 1.807) is 6.07 Å². The predicted octanol–water partition coefficient (Wildman–Crippen LogP) is 4.06. The van der Waals surface area contributed by atoms with Gasteiger partial charge in [0.2, 0.25) is 0 Å². The van der Waals surface area contributed by atoms with E-state index in [-0.39, 0.29) is 5.69 Å². The maximum Gasteiger partial charge on any atom is 0.271 e. The summed E-state index contributed by atoms with van der Waals surface area (Å²) in [6.45, 7) is 0. The summed E-state index contributed by atoms with van der Waals surface area (Å²) in [5.41, 5.74) is 7.52. The Hall–Kier alpha value is -1.43. The second-order valence-corrected chi connectivity index (χ2v) is 5.38. The zero-order chi connectivity index (χ0) is 14.0. The first-order chi connectivity index (χ1) is 8.97. The molecule has 2 N–H and O–H groups in total. The maximum absolute atomic E-state index is 10.8. The van der Waals surface area contributed by atoms with Crippen LogP contribution in [0.5, 0.6) is 0 Å². The number of hydrogen-bond donors (Lipinski definition) is 1. The third-order valence-electron chi connectivity index (χ3n) is 2.68. The van der Waals surface area contributed by atoms with Gasteiger partial charge in [-0.25, -0.2) is 0 Å². The van der Waals surface area contributed by atoms with Crippen molar-refractivity contribution in [2.75, 3.05) is 0 Å². The lowest BCUT2D eigenvalue weighted by molar-refractivity contribution is -0.384. The van der Waals surface area contributed by atoms with E-state index in [0.29, 0.717) is 10.6 Å². The Balaban J connectivity index is 2.43. The van der Waals surface area contributed by atoms with E-state index in [0.717, 1.165) is 10.0 Å². The van der Waals surface area contributed by atoms with Crippen molar-refractivity contribution < 1.29 is 4.92 Å². The van der Waals surface area contributed by atoms with Crippen molar-refractivity contribution in [3.05, 3.63) is 73.2 Å². The van der Waals surface area contributed by atoms with Crippen LogP contribution in [0, 0.1) is 10.1 Å². The minimum absolute atomic E-state index is 0.0621. The van der Waals surface area contributed by atoms with Crippen LogP contribution in [0.3, 0.4) is 0 Å². The molecule has 1 atom stereocenters. The van der Waals surface area contributed by atoms with E-state index >= 15 is 0 Å². The summed E-state index contributed by atoms with van der Waals surface area (Å²) >= 11 is 9.25. The van der Waals surface area contributed by atoms with Crippen molar-refractivity contribution in [2.45, 2.75) is 6.04 Å². The number of nitrogens with two attached hydrogens (primary N) is 1. The fourth-order valence-corrected chi connectivity index (χ4v) is 2.43. The number of nitro groups is 1. The van der Waals surface area contributed by atoms with E-state index in [2.05, 4.69) is 15.9 Å². The molecule has 2 aromatic carbocycles. The number of benzene rings is 2. The van der Waals surface area contributed by atoms with Crippen LogP contribution >= 0.6 is 27.5 Å². The minimum Gasteiger partial charge on any atom is -0.320 e. The summed E-state index contributed by atoms with van der Waals surface area (Å²) < 4.78 is 0.900. The zero-order valence-corrected chi connectivity index (χ0v) is 12.1. The van der Waals surface area contributed by atoms with E-state index in [4.69, 9.17) is 17.3 Å². The first-order valence-corrected chi connectivity index (χ1v) is 6.60. The molecule has 6 heteroatoms. The molecule has 0 heterocycles. The van der Waals surface area contributed by atoms with Gasteiger partial charge in [0.1, 0.15) is 0 Å². The third-order valence-corrected chi connectivity index (χ3v) is 3.39. The summed E-state index contributed by atoms with van der Waals surface area (Å²) in [6, 6.07) is 11.4. The largest absolute Gasteiger partial charge is 0.320 e. The molecule has 0 aliphatic rings. The zero-order valence-electron chi connectivity index (χ0n) is 9.72. The van der Waals surface area contributed by atoms with Gasteiger partial charge in [-0.3, -0.25) is 10.1 Å². The van der Waals surface area contributed by atoms with Gasteiger partial charge in [0, 0.05) is 21.6 Å². The van der Waals surface area contributed by atoms with Gasteiger partial charge in [-0.15, -0.1) is 0 Å². The lowest BCUT2D eigenvalue weighted by Gasteiger charge is -2.13. The number of nitro benzene ring substituents is 1. The standard InChI is InChI=1S/C13H10BrClN2O2/c14-10-3-1-2-8(4-10)13(16)9-5-11(15)7-12(6-9)17(18)19/h1-7,13H,16H2. The molecule has 0 aliphatic carbocycles. The highest BCUT2D eigenvalue weighted by molar-refractivity contribution is 9.10. The van der Waals surface area contributed by atoms with E-state index in [9.17, 15) is 10.1 Å². The van der Waals surface area contributed by atoms with E-state index < -0.39 is 11.0 Å². The highest BCUT2D eigenvalue weighted by atomic mass is 79.9. The first kappa shape index (κ1) is 14.0. The molecule has 0 aromatic heterocycles. The average Bonchev–Trinajstić information content (AvgIpc) is 2.37. The first-order valence-electron chi connectivity index (χ1n) is 5.43. The highest BCUT2D eigenvalue weighted by Gasteiger charge is 2.15. The van der Waals surface area contributed by atoms with Crippen LogP contribution in [0.25, 0.3) is 0 Å². The maximum atomic E-state index is 10.8. The van der Waals surface area contributed by atoms with Gasteiger partial charge in [0.15, 0.2) is 0 Å². The molecule has 0 bridgehead atoms. The van der Waals surface area contributed by atoms with Crippen molar-refractivity contribution in [2.24, 2.45) is 5.73 Å². The Kier molecular flexibility index (Phi) is 4.19. The Morgan fingerprint density at radius 1 is 1.21 bits per heavy atom. The van der Waals surface area contributed by atoms with Gasteiger partial charge < -0.3 is 5.73 Å². The Morgan fingerprint density at radius 2 is 1.95 bits per heavy atom. The van der Waals surface area contributed by atoms with Gasteiger partial charge >= 0.3 is 0 Å². The fraction of sp³-hybridized carbons (Fsp3) is 0.0769. The van der Waals surface area contributed by atoms with Crippen LogP contribution < -0.4 is 5.73 Å². The van der Waals surface area contributed by atoms with Crippen LogP contribution in [0.1, 0.15) is 17.2 Å². The molecule has 19 heavy (non-hydrogen) atoms. The highest BCUT2D eigenvalue weighted by Crippen LogP contribution is 2.28. The molecular formula is C13H10BrClN2O2. The van der Waals surface area contributed by atoms with Crippen LogP contribution in [0.2, 0.25) is 5.02 Å². The van der Waals surface area contributed by atoms with Gasteiger partial charge in [-0.05, 0) is 29.3 Å². The summed E-state index contributed by atoms with van der Waals surface area (Å²) in [5.74, 6) is 0. The molecular weight excluding hydrogens is 332 g/mol. The summed E-state index contributed by atoms with van der Waals surface area (Å²) in [6.07, 6.45) is 0. The second-order valence-electron chi connectivity index (χ2n) is 4.03. The van der Waals surface area contributed by atoms with Gasteiger partial charge in [-0.1, -0.05) is 39.7 Å². The monoisotopic (exact) mass is 340 g/mol. The Labute approximate surface area is 123 Å². The van der Waals surface area contributed by atoms with Crippen LogP contribution in [-0.4, -0.2) is 4.92 Å². The van der Waals surface area contributed by atoms with Crippen molar-refractivity contribution in [3.8, 4) is 0 Å². The Morgan fingerprint density at radius 3 is 2.58 bits per heavy atom. The van der Waals surface area contributed by atoms with Gasteiger partial charge in [0.05, 0.1) is 11.0 Å². The van der Waals surface area contributed by atoms with Crippen LogP contribution in [-0.2, 0) is 0 Å². The number of rotatable bonds is 3. The van der Waals surface area contributed by atoms with Crippen LogP contribution in [0.4, 0.5) is 5.69 Å². The second kappa shape index (κ2) is 5.69. The lowest BCUT2D eigenvalue weighted by Crippen LogP contribution is -2.12. The molecule has 0 saturated heterocycles. The molecule has 0 fully saturated rings. The van der Waals surface area contributed by atoms with Crippen molar-refractivity contribution in [1.29, 1.82) is 0 Å². The molecule has 4 nitrogen and oxygen atoms in total. The normalized spacial score (nSPS) is 12.2. The topological polar surface area (TPSA) is 69.2 Å². The van der Waals surface area contributed by atoms with Gasteiger partial charge in [0.25, 0.3) is 5.69 Å². The number of nitrogens with zero attached hydrogens (tertiary/aromatic N) is 1. The predicted molar refractivity (Wildman–Crippen MR) is 78.3 cm³/mol. The molecule has 1 unspecified atom stereocenters. The lowest BCUT2D eigenvalue weighted by atomic mass is 9.99. The van der Waals surface area contributed by atoms with Crippen molar-refractivity contribution in [3.63, 3.8) is 0 Å². The molecule has 0 saturated carbocycles. The molecule has 0 amide bonds. The quantitative estimate of drug-likeness (QED) is 0.676. The third kappa shape index (κ3) is 3.32. The molecule has 98 valence electrons. The molecule has 0 aliphatic heterocycles. The molecule has 0 spiro atoms.